The summed E-state index contributed by atoms with van der Waals surface area (Å²) in [5.74, 6) is 3.72. The number of piperidine rings is 1. The predicted octanol–water partition coefficient (Wildman–Crippen LogP) is 7.86. The molecule has 0 bridgehead atoms. The predicted molar refractivity (Wildman–Crippen MR) is 224 cm³/mol. The van der Waals surface area contributed by atoms with Gasteiger partial charge in [0.2, 0.25) is 11.8 Å². The van der Waals surface area contributed by atoms with Crippen molar-refractivity contribution < 1.29 is 28.7 Å². The van der Waals surface area contributed by atoms with Gasteiger partial charge in [-0.15, -0.1) is 0 Å². The third-order valence-corrected chi connectivity index (χ3v) is 12.3. The number of nitrogens with zero attached hydrogens (tertiary/aromatic N) is 6. The highest BCUT2D eigenvalue weighted by molar-refractivity contribution is 5.79. The van der Waals surface area contributed by atoms with Crippen molar-refractivity contribution in [1.29, 1.82) is 0 Å². The summed E-state index contributed by atoms with van der Waals surface area (Å²) in [7, 11) is 3.60. The number of imidazole rings is 1. The molecule has 4 fully saturated rings. The molecule has 1 N–H and O–H groups in total. The van der Waals surface area contributed by atoms with Crippen LogP contribution in [-0.4, -0.2) is 123 Å². The van der Waals surface area contributed by atoms with Gasteiger partial charge >= 0.3 is 12.2 Å². The number of rotatable bonds is 8. The Balaban J connectivity index is 0.000000221. The van der Waals surface area contributed by atoms with E-state index in [-0.39, 0.29) is 24.0 Å². The number of carbonyl (C=O) groups excluding carboxylic acids is 4. The van der Waals surface area contributed by atoms with Crippen molar-refractivity contribution in [2.24, 2.45) is 23.7 Å². The number of carbonyl (C=O) groups is 4. The third kappa shape index (κ3) is 13.4. The molecule has 4 amide bonds. The Morgan fingerprint density at radius 2 is 1.10 bits per heavy atom. The number of H-pyrrole nitrogens is 1. The molecule has 4 heterocycles. The summed E-state index contributed by atoms with van der Waals surface area (Å²) in [5.41, 5.74) is 0.336. The van der Waals surface area contributed by atoms with E-state index in [9.17, 15) is 19.2 Å². The Morgan fingerprint density at radius 1 is 0.655 bits per heavy atom. The molecule has 2 aliphatic carbocycles. The fraction of sp³-hybridized carbons (Fsp3) is 0.733. The molecule has 1 atom stereocenters. The summed E-state index contributed by atoms with van der Waals surface area (Å²) in [4.78, 5) is 69.4. The smallest absolute Gasteiger partial charge is 0.410 e. The molecule has 2 saturated heterocycles. The zero-order valence-electron chi connectivity index (χ0n) is 36.6. The second-order valence-electron chi connectivity index (χ2n) is 19.3. The van der Waals surface area contributed by atoms with Crippen LogP contribution in [0.15, 0.2) is 36.9 Å². The van der Waals surface area contributed by atoms with Crippen LogP contribution in [0.2, 0.25) is 0 Å². The summed E-state index contributed by atoms with van der Waals surface area (Å²) < 4.78 is 10.9. The van der Waals surface area contributed by atoms with E-state index in [1.54, 1.807) is 30.1 Å². The van der Waals surface area contributed by atoms with Crippen LogP contribution in [0.5, 0.6) is 0 Å². The number of aromatic amines is 1. The SMILES string of the molecule is CN(CC1CCC(C(=O)N2CCC(c3ccncc3)C2)CC1)C(=O)OC(C)(C)C.CN(CC1CCC(C(=O)N2CCC(c3ncc[nH]3)CC2)CC1)C(=O)OC(C)(C)C. The molecular formula is C45H71N7O6. The van der Waals surface area contributed by atoms with E-state index >= 15 is 0 Å². The monoisotopic (exact) mass is 806 g/mol. The van der Waals surface area contributed by atoms with E-state index in [0.29, 0.717) is 48.6 Å². The van der Waals surface area contributed by atoms with Crippen molar-refractivity contribution in [1.82, 2.24) is 34.6 Å². The summed E-state index contributed by atoms with van der Waals surface area (Å²) >= 11 is 0. The molecule has 0 radical (unpaired) electrons. The van der Waals surface area contributed by atoms with Crippen molar-refractivity contribution >= 4 is 24.0 Å². The topological polar surface area (TPSA) is 141 Å². The molecule has 322 valence electrons. The molecule has 2 saturated carbocycles. The van der Waals surface area contributed by atoms with Crippen molar-refractivity contribution in [2.45, 2.75) is 135 Å². The number of nitrogens with one attached hydrogen (secondary N) is 1. The number of hydrogen-bond acceptors (Lipinski definition) is 8. The Labute approximate surface area is 347 Å². The number of hydrogen-bond donors (Lipinski definition) is 1. The van der Waals surface area contributed by atoms with E-state index in [1.165, 1.54) is 5.56 Å². The lowest BCUT2D eigenvalue weighted by molar-refractivity contribution is -0.138. The minimum Gasteiger partial charge on any atom is -0.444 e. The summed E-state index contributed by atoms with van der Waals surface area (Å²) in [6.07, 6.45) is 17.4. The van der Waals surface area contributed by atoms with Crippen molar-refractivity contribution in [2.75, 3.05) is 53.4 Å². The molecule has 0 spiro atoms. The summed E-state index contributed by atoms with van der Waals surface area (Å²) in [6.45, 7) is 16.0. The van der Waals surface area contributed by atoms with Crippen molar-refractivity contribution in [3.8, 4) is 0 Å². The molecule has 6 rings (SSSR count). The van der Waals surface area contributed by atoms with Gasteiger partial charge in [0.05, 0.1) is 0 Å². The summed E-state index contributed by atoms with van der Waals surface area (Å²) in [5, 5.41) is 0. The maximum atomic E-state index is 13.0. The highest BCUT2D eigenvalue weighted by atomic mass is 16.6. The molecule has 2 aromatic rings. The van der Waals surface area contributed by atoms with E-state index in [4.69, 9.17) is 9.47 Å². The Hall–Kier alpha value is -4.16. The van der Waals surface area contributed by atoms with Gasteiger partial charge in [-0.25, -0.2) is 14.6 Å². The largest absolute Gasteiger partial charge is 0.444 e. The fourth-order valence-corrected chi connectivity index (χ4v) is 9.05. The van der Waals surface area contributed by atoms with Crippen LogP contribution in [0.1, 0.15) is 135 Å². The normalized spacial score (nSPS) is 24.3. The first kappa shape index (κ1) is 44.9. The molecule has 4 aliphatic rings. The first-order valence-electron chi connectivity index (χ1n) is 21.8. The molecular weight excluding hydrogens is 735 g/mol. The molecule has 13 heteroatoms. The lowest BCUT2D eigenvalue weighted by atomic mass is 9.80. The Bertz CT molecular complexity index is 1600. The molecule has 2 aliphatic heterocycles. The van der Waals surface area contributed by atoms with Crippen LogP contribution in [0, 0.1) is 23.7 Å². The third-order valence-electron chi connectivity index (χ3n) is 12.3. The molecule has 0 aromatic carbocycles. The Kier molecular flexibility index (Phi) is 15.7. The average molecular weight is 806 g/mol. The lowest BCUT2D eigenvalue weighted by Gasteiger charge is -2.36. The van der Waals surface area contributed by atoms with Crippen LogP contribution in [0.25, 0.3) is 0 Å². The maximum Gasteiger partial charge on any atom is 0.410 e. The second kappa shape index (κ2) is 20.2. The van der Waals surface area contributed by atoms with Gasteiger partial charge < -0.3 is 34.1 Å². The highest BCUT2D eigenvalue weighted by Crippen LogP contribution is 2.35. The standard InChI is InChI=1S/C23H35N3O3.C22H36N4O3/c1-23(2,3)29-22(28)25(4)15-17-5-7-19(8-6-17)21(27)26-14-11-20(16-26)18-9-12-24-13-10-18;1-22(2,3)29-21(28)25(4)15-16-5-7-18(8-6-16)20(27)26-13-9-17(10-14-26)19-23-11-12-24-19/h9-10,12-13,17,19-20H,5-8,11,14-16H2,1-4H3;11-12,16-18H,5-10,13-15H2,1-4H3,(H,23,24). The lowest BCUT2D eigenvalue weighted by Crippen LogP contribution is -2.43. The first-order chi connectivity index (χ1) is 27.5. The number of amides is 4. The van der Waals surface area contributed by atoms with E-state index in [0.717, 1.165) is 103 Å². The summed E-state index contributed by atoms with van der Waals surface area (Å²) in [6, 6.07) is 4.12. The van der Waals surface area contributed by atoms with Gasteiger partial charge in [-0.2, -0.15) is 0 Å². The Morgan fingerprint density at radius 3 is 1.55 bits per heavy atom. The van der Waals surface area contributed by atoms with Gasteiger partial charge in [0.1, 0.15) is 17.0 Å². The van der Waals surface area contributed by atoms with Gasteiger partial charge in [-0.1, -0.05) is 0 Å². The zero-order chi connectivity index (χ0) is 42.0. The maximum absolute atomic E-state index is 13.0. The van der Waals surface area contributed by atoms with Crippen LogP contribution in [0.4, 0.5) is 9.59 Å². The van der Waals surface area contributed by atoms with Gasteiger partial charge in [0.15, 0.2) is 0 Å². The van der Waals surface area contributed by atoms with Gasteiger partial charge in [0.25, 0.3) is 0 Å². The quantitative estimate of drug-likeness (QED) is 0.285. The molecule has 13 nitrogen and oxygen atoms in total. The second-order valence-corrected chi connectivity index (χ2v) is 19.3. The van der Waals surface area contributed by atoms with Crippen LogP contribution < -0.4 is 0 Å². The van der Waals surface area contributed by atoms with Gasteiger partial charge in [-0.3, -0.25) is 14.6 Å². The highest BCUT2D eigenvalue weighted by Gasteiger charge is 2.36. The van der Waals surface area contributed by atoms with E-state index in [1.807, 2.05) is 60.1 Å². The first-order valence-corrected chi connectivity index (χ1v) is 21.8. The van der Waals surface area contributed by atoms with E-state index < -0.39 is 11.2 Å². The number of likely N-dealkylation sites (tertiary alicyclic amines) is 2. The number of ether oxygens (including phenoxy) is 2. The minimum absolute atomic E-state index is 0.134. The van der Waals surface area contributed by atoms with E-state index in [2.05, 4.69) is 36.9 Å². The number of pyridine rings is 1. The van der Waals surface area contributed by atoms with Crippen LogP contribution in [-0.2, 0) is 19.1 Å². The average Bonchev–Trinajstić information content (AvgIpc) is 3.92. The molecule has 1 unspecified atom stereocenters. The minimum atomic E-state index is -0.473. The van der Waals surface area contributed by atoms with Crippen molar-refractivity contribution in [3.05, 3.63) is 48.3 Å². The van der Waals surface area contributed by atoms with Crippen LogP contribution >= 0.6 is 0 Å². The fourth-order valence-electron chi connectivity index (χ4n) is 9.05. The van der Waals surface area contributed by atoms with Crippen molar-refractivity contribution in [3.63, 3.8) is 0 Å². The van der Waals surface area contributed by atoms with Crippen LogP contribution in [0.3, 0.4) is 0 Å². The van der Waals surface area contributed by atoms with Gasteiger partial charge in [-0.05, 0) is 142 Å². The molecule has 2 aromatic heterocycles. The van der Waals surface area contributed by atoms with Gasteiger partial charge in [0, 0.05) is 102 Å². The molecule has 58 heavy (non-hydrogen) atoms. The number of aromatic nitrogens is 3. The zero-order valence-corrected chi connectivity index (χ0v) is 36.6.